The Morgan fingerprint density at radius 1 is 1.38 bits per heavy atom. The Morgan fingerprint density at radius 2 is 2.06 bits per heavy atom. The molecule has 1 heterocycles. The van der Waals surface area contributed by atoms with E-state index >= 15 is 0 Å². The summed E-state index contributed by atoms with van der Waals surface area (Å²) in [5, 5.41) is 14.4. The predicted molar refractivity (Wildman–Crippen MR) is 60.7 cm³/mol. The van der Waals surface area contributed by atoms with E-state index in [1.54, 1.807) is 24.6 Å². The van der Waals surface area contributed by atoms with E-state index in [4.69, 9.17) is 5.11 Å². The van der Waals surface area contributed by atoms with Crippen molar-refractivity contribution in [3.63, 3.8) is 0 Å². The van der Waals surface area contributed by atoms with Gasteiger partial charge < -0.3 is 10.0 Å². The third kappa shape index (κ3) is 2.01. The quantitative estimate of drug-likeness (QED) is 0.857. The van der Waals surface area contributed by atoms with Gasteiger partial charge in [0.05, 0.1) is 0 Å². The van der Waals surface area contributed by atoms with Gasteiger partial charge in [-0.3, -0.25) is 4.79 Å². The van der Waals surface area contributed by atoms with Crippen molar-refractivity contribution in [2.45, 2.75) is 0 Å². The minimum Gasteiger partial charge on any atom is -0.508 e. The molecule has 1 N–H and O–H groups in total. The molecule has 0 unspecified atom stereocenters. The van der Waals surface area contributed by atoms with E-state index in [-0.39, 0.29) is 11.7 Å². The van der Waals surface area contributed by atoms with Crippen molar-refractivity contribution in [1.29, 1.82) is 0 Å². The fraction of sp³-hybridized carbons (Fsp3) is 0.100. The molecule has 16 heavy (non-hydrogen) atoms. The highest BCUT2D eigenvalue weighted by atomic mass is 32.1. The van der Waals surface area contributed by atoms with Gasteiger partial charge in [-0.2, -0.15) is 0 Å². The first-order chi connectivity index (χ1) is 7.68. The second-order valence-corrected chi connectivity index (χ2v) is 3.78. The average molecular weight is 235 g/mol. The Morgan fingerprint density at radius 3 is 2.62 bits per heavy atom. The number of aromatic nitrogens is 2. The predicted octanol–water partition coefficient (Wildman–Crippen LogP) is 1.52. The zero-order valence-electron chi connectivity index (χ0n) is 8.49. The molecule has 0 aliphatic rings. The van der Waals surface area contributed by atoms with Crippen molar-refractivity contribution < 1.29 is 9.90 Å². The van der Waals surface area contributed by atoms with Gasteiger partial charge in [0.25, 0.3) is 5.91 Å². The van der Waals surface area contributed by atoms with Gasteiger partial charge in [0.2, 0.25) is 0 Å². The number of carbonyl (C=O) groups is 1. The summed E-state index contributed by atoms with van der Waals surface area (Å²) in [6.45, 7) is 0. The SMILES string of the molecule is CN(C(=O)c1csnn1)c1ccc(O)cc1. The molecule has 0 bridgehead atoms. The summed E-state index contributed by atoms with van der Waals surface area (Å²) in [5.41, 5.74) is 1.01. The van der Waals surface area contributed by atoms with Crippen molar-refractivity contribution in [2.24, 2.45) is 0 Å². The lowest BCUT2D eigenvalue weighted by atomic mass is 10.2. The molecule has 1 aromatic heterocycles. The Kier molecular flexibility index (Phi) is 2.82. The molecule has 82 valence electrons. The first-order valence-electron chi connectivity index (χ1n) is 4.52. The Bertz CT molecular complexity index is 481. The number of rotatable bonds is 2. The molecule has 1 amide bonds. The molecule has 0 aliphatic heterocycles. The lowest BCUT2D eigenvalue weighted by Gasteiger charge is -2.15. The van der Waals surface area contributed by atoms with Gasteiger partial charge in [-0.1, -0.05) is 4.49 Å². The number of hydrogen-bond donors (Lipinski definition) is 1. The minimum atomic E-state index is -0.223. The van der Waals surface area contributed by atoms with Crippen LogP contribution in [0, 0.1) is 0 Å². The summed E-state index contributed by atoms with van der Waals surface area (Å²) in [5.74, 6) is -0.0561. The molecule has 0 aliphatic carbocycles. The summed E-state index contributed by atoms with van der Waals surface area (Å²) >= 11 is 1.13. The van der Waals surface area contributed by atoms with Crippen LogP contribution in [0.1, 0.15) is 10.5 Å². The lowest BCUT2D eigenvalue weighted by molar-refractivity contribution is 0.0988. The molecular formula is C10H9N3O2S. The summed E-state index contributed by atoms with van der Waals surface area (Å²) in [6, 6.07) is 6.37. The normalized spacial score (nSPS) is 10.1. The van der Waals surface area contributed by atoms with E-state index in [1.807, 2.05) is 0 Å². The zero-order valence-corrected chi connectivity index (χ0v) is 9.31. The first kappa shape index (κ1) is 10.6. The Labute approximate surface area is 96.1 Å². The van der Waals surface area contributed by atoms with Gasteiger partial charge in [0, 0.05) is 18.1 Å². The van der Waals surface area contributed by atoms with Gasteiger partial charge in [0.15, 0.2) is 5.69 Å². The number of aromatic hydroxyl groups is 1. The maximum absolute atomic E-state index is 11.9. The number of amides is 1. The van der Waals surface area contributed by atoms with Crippen molar-refractivity contribution in [2.75, 3.05) is 11.9 Å². The van der Waals surface area contributed by atoms with E-state index in [0.29, 0.717) is 11.4 Å². The van der Waals surface area contributed by atoms with Crippen LogP contribution in [-0.4, -0.2) is 27.6 Å². The molecule has 2 aromatic rings. The molecule has 2 rings (SSSR count). The molecule has 0 spiro atoms. The van der Waals surface area contributed by atoms with Crippen LogP contribution in [0.4, 0.5) is 5.69 Å². The molecule has 0 radical (unpaired) electrons. The monoisotopic (exact) mass is 235 g/mol. The fourth-order valence-corrected chi connectivity index (χ4v) is 1.65. The van der Waals surface area contributed by atoms with Gasteiger partial charge in [-0.25, -0.2) is 0 Å². The highest BCUT2D eigenvalue weighted by molar-refractivity contribution is 7.03. The molecule has 0 saturated carbocycles. The number of benzene rings is 1. The van der Waals surface area contributed by atoms with Crippen molar-refractivity contribution in [3.05, 3.63) is 35.3 Å². The highest BCUT2D eigenvalue weighted by Gasteiger charge is 2.15. The molecule has 5 nitrogen and oxygen atoms in total. The number of phenolic OH excluding ortho intramolecular Hbond substituents is 1. The van der Waals surface area contributed by atoms with E-state index in [2.05, 4.69) is 9.59 Å². The molecule has 6 heteroatoms. The maximum Gasteiger partial charge on any atom is 0.279 e. The van der Waals surface area contributed by atoms with Gasteiger partial charge in [-0.15, -0.1) is 5.10 Å². The third-order valence-electron chi connectivity index (χ3n) is 2.12. The van der Waals surface area contributed by atoms with Crippen LogP contribution in [0.15, 0.2) is 29.6 Å². The molecular weight excluding hydrogens is 226 g/mol. The average Bonchev–Trinajstić information content (AvgIpc) is 2.81. The van der Waals surface area contributed by atoms with Crippen LogP contribution in [0.2, 0.25) is 0 Å². The largest absolute Gasteiger partial charge is 0.508 e. The van der Waals surface area contributed by atoms with Crippen LogP contribution in [0.3, 0.4) is 0 Å². The summed E-state index contributed by atoms with van der Waals surface area (Å²) in [6.07, 6.45) is 0. The molecule has 1 aromatic carbocycles. The van der Waals surface area contributed by atoms with Crippen molar-refractivity contribution >= 4 is 23.1 Å². The van der Waals surface area contributed by atoms with Gasteiger partial charge >= 0.3 is 0 Å². The second kappa shape index (κ2) is 4.28. The van der Waals surface area contributed by atoms with E-state index in [9.17, 15) is 4.79 Å². The highest BCUT2D eigenvalue weighted by Crippen LogP contribution is 2.18. The Hall–Kier alpha value is -1.95. The number of hydrogen-bond acceptors (Lipinski definition) is 5. The van der Waals surface area contributed by atoms with Crippen LogP contribution < -0.4 is 4.90 Å². The van der Waals surface area contributed by atoms with Crippen LogP contribution in [-0.2, 0) is 0 Å². The number of carbonyl (C=O) groups excluding carboxylic acids is 1. The number of nitrogens with zero attached hydrogens (tertiary/aromatic N) is 3. The summed E-state index contributed by atoms with van der Waals surface area (Å²) in [7, 11) is 1.65. The van der Waals surface area contributed by atoms with Crippen LogP contribution in [0.25, 0.3) is 0 Å². The molecule has 0 saturated heterocycles. The summed E-state index contributed by atoms with van der Waals surface area (Å²) < 4.78 is 3.64. The van der Waals surface area contributed by atoms with Crippen LogP contribution in [0.5, 0.6) is 5.75 Å². The second-order valence-electron chi connectivity index (χ2n) is 3.17. The van der Waals surface area contributed by atoms with Crippen molar-refractivity contribution in [1.82, 2.24) is 9.59 Å². The first-order valence-corrected chi connectivity index (χ1v) is 5.36. The maximum atomic E-state index is 11.9. The van der Waals surface area contributed by atoms with E-state index in [1.165, 1.54) is 17.0 Å². The standard InChI is InChI=1S/C10H9N3O2S/c1-13(7-2-4-8(14)5-3-7)10(15)9-6-16-12-11-9/h2-6,14H,1H3. The van der Waals surface area contributed by atoms with Crippen molar-refractivity contribution in [3.8, 4) is 5.75 Å². The number of anilines is 1. The topological polar surface area (TPSA) is 66.3 Å². The molecule has 0 atom stereocenters. The van der Waals surface area contributed by atoms with Gasteiger partial charge in [0.1, 0.15) is 5.75 Å². The van der Waals surface area contributed by atoms with Gasteiger partial charge in [-0.05, 0) is 35.8 Å². The van der Waals surface area contributed by atoms with Crippen LogP contribution >= 0.6 is 11.5 Å². The minimum absolute atomic E-state index is 0.167. The molecule has 0 fully saturated rings. The zero-order chi connectivity index (χ0) is 11.5. The number of phenols is 1. The summed E-state index contributed by atoms with van der Waals surface area (Å²) in [4.78, 5) is 13.3. The Balaban J connectivity index is 2.22. The van der Waals surface area contributed by atoms with E-state index < -0.39 is 0 Å². The fourth-order valence-electron chi connectivity index (χ4n) is 1.22. The third-order valence-corrected chi connectivity index (χ3v) is 2.63. The lowest BCUT2D eigenvalue weighted by Crippen LogP contribution is -2.26. The van der Waals surface area contributed by atoms with E-state index in [0.717, 1.165) is 11.5 Å². The smallest absolute Gasteiger partial charge is 0.279 e.